The van der Waals surface area contributed by atoms with Crippen molar-refractivity contribution < 1.29 is 14.6 Å². The normalized spacial score (nSPS) is 10.8. The van der Waals surface area contributed by atoms with Crippen molar-refractivity contribution in [1.82, 2.24) is 15.4 Å². The van der Waals surface area contributed by atoms with Crippen LogP contribution in [-0.2, 0) is 11.2 Å². The maximum atomic E-state index is 11.8. The second-order valence-electron chi connectivity index (χ2n) is 5.24. The fourth-order valence-electron chi connectivity index (χ4n) is 2.19. The number of hydrogen-bond donors (Lipinski definition) is 4. The van der Waals surface area contributed by atoms with E-state index in [4.69, 9.17) is 4.74 Å². The third-order valence-electron chi connectivity index (χ3n) is 3.46. The summed E-state index contributed by atoms with van der Waals surface area (Å²) in [7, 11) is 1.44. The Bertz CT molecular complexity index is 913. The highest BCUT2D eigenvalue weighted by atomic mass is 16.5. The maximum absolute atomic E-state index is 11.8. The highest BCUT2D eigenvalue weighted by molar-refractivity contribution is 5.83. The molecule has 1 heterocycles. The summed E-state index contributed by atoms with van der Waals surface area (Å²) in [5.74, 6) is -0.0905. The minimum Gasteiger partial charge on any atom is -0.504 e. The van der Waals surface area contributed by atoms with E-state index in [9.17, 15) is 19.5 Å². The van der Waals surface area contributed by atoms with Crippen LogP contribution in [0.25, 0.3) is 0 Å². The van der Waals surface area contributed by atoms with E-state index in [-0.39, 0.29) is 24.5 Å². The number of phenolic OH excluding ortho intramolecular Hbond substituents is 1. The minimum atomic E-state index is -0.581. The van der Waals surface area contributed by atoms with Gasteiger partial charge in [0.25, 0.3) is 5.56 Å². The average molecular weight is 346 g/mol. The molecule has 0 radical (unpaired) electrons. The minimum absolute atomic E-state index is 0.0289. The van der Waals surface area contributed by atoms with Crippen LogP contribution in [0.1, 0.15) is 23.2 Å². The molecule has 0 aliphatic rings. The van der Waals surface area contributed by atoms with E-state index < -0.39 is 11.2 Å². The Morgan fingerprint density at radius 2 is 2.12 bits per heavy atom. The van der Waals surface area contributed by atoms with Crippen LogP contribution in [0.15, 0.2) is 32.9 Å². The van der Waals surface area contributed by atoms with Crippen LogP contribution in [0.5, 0.6) is 11.5 Å². The second-order valence-corrected chi connectivity index (χ2v) is 5.24. The Morgan fingerprint density at radius 3 is 2.76 bits per heavy atom. The molecule has 9 heteroatoms. The Balaban J connectivity index is 1.92. The largest absolute Gasteiger partial charge is 0.504 e. The smallest absolute Gasteiger partial charge is 0.325 e. The molecule has 0 spiro atoms. The van der Waals surface area contributed by atoms with Gasteiger partial charge in [-0.1, -0.05) is 0 Å². The van der Waals surface area contributed by atoms with Crippen LogP contribution >= 0.6 is 0 Å². The monoisotopic (exact) mass is 346 g/mol. The molecular weight excluding hydrogens is 328 g/mol. The molecule has 0 aliphatic carbocycles. The molecule has 0 saturated carbocycles. The second kappa shape index (κ2) is 7.95. The Hall–Kier alpha value is -3.36. The van der Waals surface area contributed by atoms with Gasteiger partial charge in [0.1, 0.15) is 0 Å². The predicted octanol–water partition coefficient (Wildman–Crippen LogP) is 0.169. The summed E-state index contributed by atoms with van der Waals surface area (Å²) >= 11 is 0. The van der Waals surface area contributed by atoms with Crippen LogP contribution < -0.4 is 21.4 Å². The number of nitrogens with zero attached hydrogens (tertiary/aromatic N) is 1. The van der Waals surface area contributed by atoms with E-state index in [2.05, 4.69) is 20.5 Å². The number of aromatic hydroxyl groups is 1. The molecular formula is C16H18N4O5. The SMILES string of the molecule is COc1ccc(/C=N/NC(=O)CCc2c(C)[nH]c(=O)[nH]c2=O)cc1O. The first-order valence-corrected chi connectivity index (χ1v) is 7.41. The van der Waals surface area contributed by atoms with Crippen LogP contribution in [0.2, 0.25) is 0 Å². The number of rotatable bonds is 6. The number of H-pyrrole nitrogens is 2. The van der Waals surface area contributed by atoms with Gasteiger partial charge in [0.05, 0.1) is 13.3 Å². The van der Waals surface area contributed by atoms with Crippen molar-refractivity contribution in [3.05, 3.63) is 55.9 Å². The van der Waals surface area contributed by atoms with Gasteiger partial charge in [-0.25, -0.2) is 10.2 Å². The quantitative estimate of drug-likeness (QED) is 0.436. The molecule has 132 valence electrons. The zero-order valence-electron chi connectivity index (χ0n) is 13.8. The van der Waals surface area contributed by atoms with Gasteiger partial charge in [0, 0.05) is 17.7 Å². The summed E-state index contributed by atoms with van der Waals surface area (Å²) in [6.45, 7) is 1.60. The predicted molar refractivity (Wildman–Crippen MR) is 91.1 cm³/mol. The summed E-state index contributed by atoms with van der Waals surface area (Å²) in [6.07, 6.45) is 1.57. The van der Waals surface area contributed by atoms with E-state index >= 15 is 0 Å². The van der Waals surface area contributed by atoms with Crippen LogP contribution in [0, 0.1) is 6.92 Å². The van der Waals surface area contributed by atoms with Crippen molar-refractivity contribution in [3.63, 3.8) is 0 Å². The first-order chi connectivity index (χ1) is 11.9. The number of ether oxygens (including phenoxy) is 1. The van der Waals surface area contributed by atoms with Gasteiger partial charge in [-0.2, -0.15) is 5.10 Å². The fraction of sp³-hybridized carbons (Fsp3) is 0.250. The summed E-state index contributed by atoms with van der Waals surface area (Å²) in [5, 5.41) is 13.4. The van der Waals surface area contributed by atoms with Gasteiger partial charge < -0.3 is 14.8 Å². The molecule has 0 fully saturated rings. The van der Waals surface area contributed by atoms with Crippen molar-refractivity contribution in [2.75, 3.05) is 7.11 Å². The van der Waals surface area contributed by atoms with Crippen molar-refractivity contribution in [1.29, 1.82) is 0 Å². The molecule has 0 aliphatic heterocycles. The molecule has 2 aromatic rings. The summed E-state index contributed by atoms with van der Waals surface area (Å²) < 4.78 is 4.93. The Kier molecular flexibility index (Phi) is 5.72. The van der Waals surface area contributed by atoms with Crippen LogP contribution in [0.4, 0.5) is 0 Å². The number of hydrazone groups is 1. The third kappa shape index (κ3) is 4.80. The number of carbonyl (C=O) groups is 1. The summed E-state index contributed by atoms with van der Waals surface area (Å²) in [4.78, 5) is 39.2. The van der Waals surface area contributed by atoms with E-state index in [1.54, 1.807) is 19.1 Å². The van der Waals surface area contributed by atoms with Crippen LogP contribution in [-0.4, -0.2) is 34.3 Å². The molecule has 1 amide bonds. The lowest BCUT2D eigenvalue weighted by Crippen LogP contribution is -2.28. The lowest BCUT2D eigenvalue weighted by molar-refractivity contribution is -0.121. The van der Waals surface area contributed by atoms with E-state index in [0.717, 1.165) is 0 Å². The molecule has 0 unspecified atom stereocenters. The van der Waals surface area contributed by atoms with E-state index in [1.165, 1.54) is 19.4 Å². The number of aromatic nitrogens is 2. The fourth-order valence-corrected chi connectivity index (χ4v) is 2.19. The average Bonchev–Trinajstić information content (AvgIpc) is 2.54. The number of carbonyl (C=O) groups excluding carboxylic acids is 1. The number of phenols is 1. The number of aryl methyl sites for hydroxylation is 1. The zero-order chi connectivity index (χ0) is 18.4. The first kappa shape index (κ1) is 18.0. The summed E-state index contributed by atoms with van der Waals surface area (Å²) in [5.41, 5.74) is 2.60. The highest BCUT2D eigenvalue weighted by Gasteiger charge is 2.08. The molecule has 9 nitrogen and oxygen atoms in total. The first-order valence-electron chi connectivity index (χ1n) is 7.41. The molecule has 25 heavy (non-hydrogen) atoms. The van der Waals surface area contributed by atoms with Crippen molar-refractivity contribution in [2.24, 2.45) is 5.10 Å². The molecule has 0 atom stereocenters. The van der Waals surface area contributed by atoms with Gasteiger partial charge in [-0.3, -0.25) is 14.6 Å². The lowest BCUT2D eigenvalue weighted by atomic mass is 10.1. The standard InChI is InChI=1S/C16H18N4O5/c1-9-11(15(23)19-16(24)18-9)4-6-14(22)20-17-8-10-3-5-13(25-2)12(21)7-10/h3,5,7-8,21H,4,6H2,1-2H3,(H,20,22)(H2,18,19,23,24)/b17-8+. The van der Waals surface area contributed by atoms with Gasteiger partial charge in [0.15, 0.2) is 11.5 Å². The molecule has 0 saturated heterocycles. The molecule has 4 N–H and O–H groups in total. The molecule has 1 aromatic carbocycles. The molecule has 0 bridgehead atoms. The molecule has 2 rings (SSSR count). The number of aromatic amines is 2. The third-order valence-corrected chi connectivity index (χ3v) is 3.46. The summed E-state index contributed by atoms with van der Waals surface area (Å²) in [6, 6.07) is 4.68. The van der Waals surface area contributed by atoms with Gasteiger partial charge in [-0.05, 0) is 37.1 Å². The van der Waals surface area contributed by atoms with Crippen molar-refractivity contribution in [3.8, 4) is 11.5 Å². The van der Waals surface area contributed by atoms with Gasteiger partial charge in [0.2, 0.25) is 5.91 Å². The molecule has 1 aromatic heterocycles. The van der Waals surface area contributed by atoms with E-state index in [0.29, 0.717) is 22.6 Å². The number of methoxy groups -OCH3 is 1. The Labute approximate surface area is 142 Å². The van der Waals surface area contributed by atoms with Crippen LogP contribution in [0.3, 0.4) is 0 Å². The van der Waals surface area contributed by atoms with Crippen molar-refractivity contribution >= 4 is 12.1 Å². The maximum Gasteiger partial charge on any atom is 0.325 e. The topological polar surface area (TPSA) is 137 Å². The highest BCUT2D eigenvalue weighted by Crippen LogP contribution is 2.25. The zero-order valence-corrected chi connectivity index (χ0v) is 13.8. The number of benzene rings is 1. The number of amides is 1. The van der Waals surface area contributed by atoms with Gasteiger partial charge in [-0.15, -0.1) is 0 Å². The lowest BCUT2D eigenvalue weighted by Gasteiger charge is -2.04. The number of hydrogen-bond acceptors (Lipinski definition) is 6. The van der Waals surface area contributed by atoms with E-state index in [1.807, 2.05) is 0 Å². The Morgan fingerprint density at radius 1 is 1.36 bits per heavy atom. The van der Waals surface area contributed by atoms with Crippen molar-refractivity contribution in [2.45, 2.75) is 19.8 Å². The van der Waals surface area contributed by atoms with Gasteiger partial charge >= 0.3 is 5.69 Å². The number of nitrogens with one attached hydrogen (secondary N) is 3.